The third kappa shape index (κ3) is 4.93. The molecule has 0 aliphatic carbocycles. The number of ether oxygens (including phenoxy) is 1. The van der Waals surface area contributed by atoms with Crippen LogP contribution in [0.3, 0.4) is 0 Å². The third-order valence-electron chi connectivity index (χ3n) is 4.15. The van der Waals surface area contributed by atoms with Crippen molar-refractivity contribution < 1.29 is 18.8 Å². The molecule has 0 unspecified atom stereocenters. The highest BCUT2D eigenvalue weighted by Crippen LogP contribution is 2.37. The molecule has 7 nitrogen and oxygen atoms in total. The standard InChI is InChI=1S/C21H19Cl2N3O4/c1-3-24-17(27)11-29-14-9-7-13(8-10-14)25-21(28)18-12(2)30-26-20(18)19-15(22)5-4-6-16(19)23/h4-10H,3,11H2,1-2H3,(H,24,27)(H,25,28). The lowest BCUT2D eigenvalue weighted by Crippen LogP contribution is -2.28. The van der Waals surface area contributed by atoms with Crippen LogP contribution >= 0.6 is 23.2 Å². The minimum atomic E-state index is -0.421. The van der Waals surface area contributed by atoms with E-state index in [9.17, 15) is 9.59 Å². The van der Waals surface area contributed by atoms with Gasteiger partial charge in [0.05, 0.1) is 10.0 Å². The molecule has 0 saturated heterocycles. The maximum absolute atomic E-state index is 12.9. The summed E-state index contributed by atoms with van der Waals surface area (Å²) in [5.41, 5.74) is 1.46. The molecule has 0 bridgehead atoms. The molecular weight excluding hydrogens is 429 g/mol. The summed E-state index contributed by atoms with van der Waals surface area (Å²) in [7, 11) is 0. The number of nitrogens with one attached hydrogen (secondary N) is 2. The first kappa shape index (κ1) is 21.7. The topological polar surface area (TPSA) is 93.5 Å². The van der Waals surface area contributed by atoms with E-state index < -0.39 is 5.91 Å². The molecular formula is C21H19Cl2N3O4. The molecule has 0 spiro atoms. The van der Waals surface area contributed by atoms with Crippen LogP contribution in [0.25, 0.3) is 11.3 Å². The lowest BCUT2D eigenvalue weighted by Gasteiger charge is -2.09. The summed E-state index contributed by atoms with van der Waals surface area (Å²) < 4.78 is 10.6. The lowest BCUT2D eigenvalue weighted by atomic mass is 10.1. The Kier molecular flexibility index (Phi) is 6.97. The maximum atomic E-state index is 12.9. The van der Waals surface area contributed by atoms with Crippen molar-refractivity contribution in [3.05, 3.63) is 63.8 Å². The molecule has 2 aromatic carbocycles. The van der Waals surface area contributed by atoms with Crippen LogP contribution < -0.4 is 15.4 Å². The predicted molar refractivity (Wildman–Crippen MR) is 115 cm³/mol. The number of anilines is 1. The highest BCUT2D eigenvalue weighted by Gasteiger charge is 2.25. The van der Waals surface area contributed by atoms with E-state index in [0.717, 1.165) is 0 Å². The molecule has 0 saturated carbocycles. The quantitative estimate of drug-likeness (QED) is 0.546. The van der Waals surface area contributed by atoms with E-state index in [0.29, 0.717) is 39.4 Å². The fourth-order valence-electron chi connectivity index (χ4n) is 2.76. The fourth-order valence-corrected chi connectivity index (χ4v) is 3.34. The van der Waals surface area contributed by atoms with Gasteiger partial charge in [0.1, 0.15) is 22.8 Å². The summed E-state index contributed by atoms with van der Waals surface area (Å²) >= 11 is 12.5. The van der Waals surface area contributed by atoms with Gasteiger partial charge in [-0.2, -0.15) is 0 Å². The zero-order valence-corrected chi connectivity index (χ0v) is 17.8. The highest BCUT2D eigenvalue weighted by molar-refractivity contribution is 6.39. The third-order valence-corrected chi connectivity index (χ3v) is 4.78. The van der Waals surface area contributed by atoms with Gasteiger partial charge in [-0.05, 0) is 50.2 Å². The summed E-state index contributed by atoms with van der Waals surface area (Å²) in [6.07, 6.45) is 0. The molecule has 0 fully saturated rings. The second-order valence-corrected chi connectivity index (χ2v) is 7.09. The van der Waals surface area contributed by atoms with Gasteiger partial charge in [-0.3, -0.25) is 9.59 Å². The minimum absolute atomic E-state index is 0.0820. The van der Waals surface area contributed by atoms with Crippen molar-refractivity contribution in [3.63, 3.8) is 0 Å². The number of likely N-dealkylation sites (N-methyl/N-ethyl adjacent to an activating group) is 1. The Hall–Kier alpha value is -3.03. The van der Waals surface area contributed by atoms with Crippen LogP contribution in [0.4, 0.5) is 5.69 Å². The monoisotopic (exact) mass is 447 g/mol. The van der Waals surface area contributed by atoms with Crippen LogP contribution in [-0.4, -0.2) is 30.1 Å². The molecule has 9 heteroatoms. The van der Waals surface area contributed by atoms with Crippen LogP contribution in [0.1, 0.15) is 23.0 Å². The normalized spacial score (nSPS) is 10.5. The highest BCUT2D eigenvalue weighted by atomic mass is 35.5. The average Bonchev–Trinajstić information content (AvgIpc) is 3.09. The van der Waals surface area contributed by atoms with Crippen molar-refractivity contribution in [2.75, 3.05) is 18.5 Å². The summed E-state index contributed by atoms with van der Waals surface area (Å²) in [4.78, 5) is 24.4. The van der Waals surface area contributed by atoms with E-state index >= 15 is 0 Å². The number of halogens is 2. The molecule has 2 amide bonds. The van der Waals surface area contributed by atoms with Crippen LogP contribution in [0.2, 0.25) is 10.0 Å². The van der Waals surface area contributed by atoms with E-state index in [-0.39, 0.29) is 23.8 Å². The molecule has 1 aromatic heterocycles. The Morgan fingerprint density at radius 3 is 2.40 bits per heavy atom. The molecule has 156 valence electrons. The van der Waals surface area contributed by atoms with E-state index in [1.165, 1.54) is 0 Å². The lowest BCUT2D eigenvalue weighted by molar-refractivity contribution is -0.122. The molecule has 3 rings (SSSR count). The van der Waals surface area contributed by atoms with Crippen molar-refractivity contribution in [1.29, 1.82) is 0 Å². The molecule has 3 aromatic rings. The first-order valence-electron chi connectivity index (χ1n) is 9.12. The van der Waals surface area contributed by atoms with Gasteiger partial charge in [0.2, 0.25) is 0 Å². The van der Waals surface area contributed by atoms with Crippen molar-refractivity contribution in [2.45, 2.75) is 13.8 Å². The van der Waals surface area contributed by atoms with Gasteiger partial charge in [-0.25, -0.2) is 0 Å². The number of hydrogen-bond acceptors (Lipinski definition) is 5. The first-order valence-corrected chi connectivity index (χ1v) is 9.87. The molecule has 0 atom stereocenters. The first-order chi connectivity index (χ1) is 14.4. The number of rotatable bonds is 7. The van der Waals surface area contributed by atoms with Gasteiger partial charge in [0, 0.05) is 17.8 Å². The SMILES string of the molecule is CCNC(=O)COc1ccc(NC(=O)c2c(-c3c(Cl)cccc3Cl)noc2C)cc1. The molecule has 30 heavy (non-hydrogen) atoms. The molecule has 0 aliphatic heterocycles. The number of benzene rings is 2. The minimum Gasteiger partial charge on any atom is -0.484 e. The van der Waals surface area contributed by atoms with Gasteiger partial charge in [0.25, 0.3) is 11.8 Å². The molecule has 0 aliphatic rings. The Balaban J connectivity index is 1.76. The summed E-state index contributed by atoms with van der Waals surface area (Å²) in [5, 5.41) is 10.1. The van der Waals surface area contributed by atoms with Crippen LogP contribution in [-0.2, 0) is 4.79 Å². The van der Waals surface area contributed by atoms with Crippen molar-refractivity contribution in [2.24, 2.45) is 0 Å². The van der Waals surface area contributed by atoms with Crippen LogP contribution in [0.15, 0.2) is 47.0 Å². The summed E-state index contributed by atoms with van der Waals surface area (Å²) in [6, 6.07) is 11.7. The van der Waals surface area contributed by atoms with E-state index in [1.54, 1.807) is 49.4 Å². The Labute approximate surface area is 183 Å². The molecule has 2 N–H and O–H groups in total. The van der Waals surface area contributed by atoms with E-state index in [2.05, 4.69) is 15.8 Å². The van der Waals surface area contributed by atoms with Crippen LogP contribution in [0.5, 0.6) is 5.75 Å². The predicted octanol–water partition coefficient (Wildman–Crippen LogP) is 4.72. The zero-order chi connectivity index (χ0) is 21.7. The number of carbonyl (C=O) groups excluding carboxylic acids is 2. The van der Waals surface area contributed by atoms with Crippen LogP contribution in [0, 0.1) is 6.92 Å². The number of carbonyl (C=O) groups is 2. The molecule has 1 heterocycles. The van der Waals surface area contributed by atoms with Crippen molar-refractivity contribution in [1.82, 2.24) is 10.5 Å². The van der Waals surface area contributed by atoms with E-state index in [1.807, 2.05) is 6.92 Å². The van der Waals surface area contributed by atoms with Gasteiger partial charge in [-0.1, -0.05) is 34.4 Å². The number of aryl methyl sites for hydroxylation is 1. The summed E-state index contributed by atoms with van der Waals surface area (Å²) in [5.74, 6) is 0.212. The van der Waals surface area contributed by atoms with Gasteiger partial charge < -0.3 is 19.9 Å². The Morgan fingerprint density at radius 2 is 1.77 bits per heavy atom. The number of amides is 2. The second-order valence-electron chi connectivity index (χ2n) is 6.28. The average molecular weight is 448 g/mol. The number of hydrogen-bond donors (Lipinski definition) is 2. The van der Waals surface area contributed by atoms with Gasteiger partial charge in [0.15, 0.2) is 6.61 Å². The molecule has 0 radical (unpaired) electrons. The van der Waals surface area contributed by atoms with Crippen molar-refractivity contribution >= 4 is 40.7 Å². The maximum Gasteiger partial charge on any atom is 0.261 e. The second kappa shape index (κ2) is 9.65. The number of nitrogens with zero attached hydrogens (tertiary/aromatic N) is 1. The number of aromatic nitrogens is 1. The smallest absolute Gasteiger partial charge is 0.261 e. The Bertz CT molecular complexity index is 1040. The van der Waals surface area contributed by atoms with Crippen molar-refractivity contribution in [3.8, 4) is 17.0 Å². The van der Waals surface area contributed by atoms with E-state index in [4.69, 9.17) is 32.5 Å². The van der Waals surface area contributed by atoms with Gasteiger partial charge >= 0.3 is 0 Å². The fraction of sp³-hybridized carbons (Fsp3) is 0.190. The largest absolute Gasteiger partial charge is 0.484 e. The zero-order valence-electron chi connectivity index (χ0n) is 16.3. The van der Waals surface area contributed by atoms with Gasteiger partial charge in [-0.15, -0.1) is 0 Å². The Morgan fingerprint density at radius 1 is 1.10 bits per heavy atom. The summed E-state index contributed by atoms with van der Waals surface area (Å²) in [6.45, 7) is 3.92.